The van der Waals surface area contributed by atoms with Crippen molar-refractivity contribution in [2.75, 3.05) is 13.1 Å². The van der Waals surface area contributed by atoms with Gasteiger partial charge in [-0.05, 0) is 57.5 Å². The molecule has 3 rings (SSSR count). The molecule has 2 aliphatic carbocycles. The zero-order chi connectivity index (χ0) is 10.3. The Hall–Kier alpha value is -0.0800. The fraction of sp³-hybridized carbons (Fsp3) is 1.00. The van der Waals surface area contributed by atoms with Crippen LogP contribution in [-0.4, -0.2) is 35.2 Å². The lowest BCUT2D eigenvalue weighted by atomic mass is 9.81. The van der Waals surface area contributed by atoms with Crippen molar-refractivity contribution in [3.8, 4) is 0 Å². The molecule has 4 atom stereocenters. The van der Waals surface area contributed by atoms with Gasteiger partial charge in [-0.1, -0.05) is 6.42 Å². The lowest BCUT2D eigenvalue weighted by molar-refractivity contribution is -0.00651. The van der Waals surface area contributed by atoms with Crippen molar-refractivity contribution in [3.63, 3.8) is 0 Å². The molecule has 2 saturated carbocycles. The average molecular weight is 209 g/mol. The third-order valence-electron chi connectivity index (χ3n) is 4.98. The Morgan fingerprint density at radius 1 is 0.867 bits per heavy atom. The first-order valence-corrected chi connectivity index (χ1v) is 6.78. The van der Waals surface area contributed by atoms with Crippen molar-refractivity contribution in [2.45, 2.75) is 57.1 Å². The number of fused-ring (bicyclic) bond motifs is 2. The predicted molar refractivity (Wildman–Crippen MR) is 60.7 cm³/mol. The quantitative estimate of drug-likeness (QED) is 0.714. The molecule has 0 aromatic carbocycles. The fourth-order valence-corrected chi connectivity index (χ4v) is 4.14. The number of rotatable bonds is 1. The summed E-state index contributed by atoms with van der Waals surface area (Å²) in [4.78, 5) is 2.68. The molecule has 0 radical (unpaired) electrons. The summed E-state index contributed by atoms with van der Waals surface area (Å²) in [5, 5.41) is 10.2. The van der Waals surface area contributed by atoms with E-state index in [0.717, 1.165) is 6.04 Å². The summed E-state index contributed by atoms with van der Waals surface area (Å²) >= 11 is 0. The summed E-state index contributed by atoms with van der Waals surface area (Å²) in [6, 6.07) is 0.721. The summed E-state index contributed by atoms with van der Waals surface area (Å²) in [5.74, 6) is 1.26. The Morgan fingerprint density at radius 2 is 1.60 bits per heavy atom. The highest BCUT2D eigenvalue weighted by Crippen LogP contribution is 2.44. The largest absolute Gasteiger partial charge is 0.392 e. The van der Waals surface area contributed by atoms with Crippen LogP contribution in [0.3, 0.4) is 0 Å². The Labute approximate surface area is 92.7 Å². The van der Waals surface area contributed by atoms with E-state index in [0.29, 0.717) is 11.8 Å². The second kappa shape index (κ2) is 4.06. The Bertz CT molecular complexity index is 225. The minimum Gasteiger partial charge on any atom is -0.392 e. The molecule has 2 nitrogen and oxygen atoms in total. The van der Waals surface area contributed by atoms with E-state index in [9.17, 15) is 5.11 Å². The van der Waals surface area contributed by atoms with Gasteiger partial charge >= 0.3 is 0 Å². The van der Waals surface area contributed by atoms with Gasteiger partial charge in [0, 0.05) is 12.0 Å². The SMILES string of the molecule is OC1[C@@H]2CC[C@H]1[C@H](N1CCCCC1)CC2. The maximum atomic E-state index is 10.2. The first kappa shape index (κ1) is 10.1. The van der Waals surface area contributed by atoms with Gasteiger partial charge in [-0.3, -0.25) is 0 Å². The molecule has 0 aromatic rings. The van der Waals surface area contributed by atoms with E-state index in [1.165, 1.54) is 58.0 Å². The number of aliphatic hydroxyl groups is 1. The molecule has 0 spiro atoms. The van der Waals surface area contributed by atoms with Gasteiger partial charge in [0.15, 0.2) is 0 Å². The van der Waals surface area contributed by atoms with Crippen LogP contribution in [0.2, 0.25) is 0 Å². The van der Waals surface area contributed by atoms with Crippen LogP contribution >= 0.6 is 0 Å². The lowest BCUT2D eigenvalue weighted by Crippen LogP contribution is -2.48. The van der Waals surface area contributed by atoms with E-state index in [4.69, 9.17) is 0 Å². The number of likely N-dealkylation sites (tertiary alicyclic amines) is 1. The van der Waals surface area contributed by atoms with Crippen LogP contribution in [0.25, 0.3) is 0 Å². The Kier molecular flexibility index (Phi) is 2.73. The Balaban J connectivity index is 1.69. The van der Waals surface area contributed by atoms with Gasteiger partial charge in [0.1, 0.15) is 0 Å². The van der Waals surface area contributed by atoms with E-state index in [1.807, 2.05) is 0 Å². The van der Waals surface area contributed by atoms with Crippen molar-refractivity contribution in [1.82, 2.24) is 4.90 Å². The number of hydrogen-bond donors (Lipinski definition) is 1. The standard InChI is InChI=1S/C13H23NO/c15-13-10-4-6-11(13)12(7-5-10)14-8-2-1-3-9-14/h10-13,15H,1-9H2/t10-,11+,12-,13?/m1/s1. The van der Waals surface area contributed by atoms with Crippen molar-refractivity contribution in [1.29, 1.82) is 0 Å². The van der Waals surface area contributed by atoms with Crippen molar-refractivity contribution >= 4 is 0 Å². The average Bonchev–Trinajstić information content (AvgIpc) is 2.54. The van der Waals surface area contributed by atoms with E-state index in [2.05, 4.69) is 4.90 Å². The van der Waals surface area contributed by atoms with E-state index in [1.54, 1.807) is 0 Å². The summed E-state index contributed by atoms with van der Waals surface area (Å²) in [6.45, 7) is 2.58. The first-order chi connectivity index (χ1) is 7.36. The molecule has 1 saturated heterocycles. The van der Waals surface area contributed by atoms with Crippen LogP contribution in [0.5, 0.6) is 0 Å². The van der Waals surface area contributed by atoms with Crippen LogP contribution in [0.4, 0.5) is 0 Å². The molecule has 0 aromatic heterocycles. The van der Waals surface area contributed by atoms with Crippen LogP contribution in [0, 0.1) is 11.8 Å². The van der Waals surface area contributed by atoms with Gasteiger partial charge in [0.05, 0.1) is 6.10 Å². The summed E-state index contributed by atoms with van der Waals surface area (Å²) < 4.78 is 0. The number of hydrogen-bond acceptors (Lipinski definition) is 2. The van der Waals surface area contributed by atoms with Gasteiger partial charge in [-0.2, -0.15) is 0 Å². The minimum absolute atomic E-state index is 0.0330. The van der Waals surface area contributed by atoms with Crippen LogP contribution in [-0.2, 0) is 0 Å². The highest BCUT2D eigenvalue weighted by molar-refractivity contribution is 4.97. The highest BCUT2D eigenvalue weighted by atomic mass is 16.3. The van der Waals surface area contributed by atoms with Crippen molar-refractivity contribution in [3.05, 3.63) is 0 Å². The van der Waals surface area contributed by atoms with Crippen LogP contribution in [0.1, 0.15) is 44.9 Å². The zero-order valence-electron chi connectivity index (χ0n) is 9.57. The topological polar surface area (TPSA) is 23.5 Å². The third-order valence-corrected chi connectivity index (χ3v) is 4.98. The van der Waals surface area contributed by atoms with Gasteiger partial charge in [0.2, 0.25) is 0 Å². The second-order valence-electron chi connectivity index (χ2n) is 5.73. The maximum Gasteiger partial charge on any atom is 0.0611 e. The fourth-order valence-electron chi connectivity index (χ4n) is 4.14. The third kappa shape index (κ3) is 1.72. The van der Waals surface area contributed by atoms with Gasteiger partial charge in [-0.25, -0.2) is 0 Å². The van der Waals surface area contributed by atoms with Gasteiger partial charge in [-0.15, -0.1) is 0 Å². The summed E-state index contributed by atoms with van der Waals surface area (Å²) in [5.41, 5.74) is 0. The molecule has 86 valence electrons. The van der Waals surface area contributed by atoms with Gasteiger partial charge < -0.3 is 10.0 Å². The molecule has 1 aliphatic heterocycles. The lowest BCUT2D eigenvalue weighted by Gasteiger charge is -2.42. The van der Waals surface area contributed by atoms with Crippen molar-refractivity contribution < 1.29 is 5.11 Å². The van der Waals surface area contributed by atoms with Crippen LogP contribution in [0.15, 0.2) is 0 Å². The molecule has 1 unspecified atom stereocenters. The number of aliphatic hydroxyl groups excluding tert-OH is 1. The van der Waals surface area contributed by atoms with E-state index < -0.39 is 0 Å². The molecular weight excluding hydrogens is 186 g/mol. The van der Waals surface area contributed by atoms with Crippen molar-refractivity contribution in [2.24, 2.45) is 11.8 Å². The smallest absolute Gasteiger partial charge is 0.0611 e. The number of piperidine rings is 1. The molecule has 3 fully saturated rings. The summed E-state index contributed by atoms with van der Waals surface area (Å²) in [7, 11) is 0. The minimum atomic E-state index is 0.0330. The highest BCUT2D eigenvalue weighted by Gasteiger charge is 2.45. The molecule has 1 N–H and O–H groups in total. The second-order valence-corrected chi connectivity index (χ2v) is 5.73. The van der Waals surface area contributed by atoms with Gasteiger partial charge in [0.25, 0.3) is 0 Å². The Morgan fingerprint density at radius 3 is 2.40 bits per heavy atom. The molecular formula is C13H23NO. The van der Waals surface area contributed by atoms with Crippen LogP contribution < -0.4 is 0 Å². The normalized spacial score (nSPS) is 47.0. The van der Waals surface area contributed by atoms with E-state index >= 15 is 0 Å². The van der Waals surface area contributed by atoms with E-state index in [-0.39, 0.29) is 6.10 Å². The molecule has 2 heteroatoms. The summed E-state index contributed by atoms with van der Waals surface area (Å²) in [6.07, 6.45) is 9.41. The molecule has 15 heavy (non-hydrogen) atoms. The molecule has 0 amide bonds. The predicted octanol–water partition coefficient (Wildman–Crippen LogP) is 2.02. The maximum absolute atomic E-state index is 10.2. The monoisotopic (exact) mass is 209 g/mol. The molecule has 2 bridgehead atoms. The zero-order valence-corrected chi connectivity index (χ0v) is 9.57. The number of nitrogens with zero attached hydrogens (tertiary/aromatic N) is 1. The molecule has 1 heterocycles. The first-order valence-electron chi connectivity index (χ1n) is 6.78. The molecule has 3 aliphatic rings.